The fourth-order valence-corrected chi connectivity index (χ4v) is 4.04. The second kappa shape index (κ2) is 7.26. The molecule has 1 atom stereocenters. The number of nitrogens with one attached hydrogen (secondary N) is 2. The van der Waals surface area contributed by atoms with Crippen LogP contribution < -0.4 is 14.8 Å². The van der Waals surface area contributed by atoms with E-state index in [-0.39, 0.29) is 18.5 Å². The van der Waals surface area contributed by atoms with Crippen molar-refractivity contribution in [3.8, 4) is 11.5 Å². The first-order valence-corrected chi connectivity index (χ1v) is 9.72. The van der Waals surface area contributed by atoms with E-state index in [9.17, 15) is 4.79 Å². The number of ether oxygens (including phenoxy) is 3. The first-order chi connectivity index (χ1) is 14.7. The molecule has 0 unspecified atom stereocenters. The molecule has 2 aromatic carbocycles. The van der Waals surface area contributed by atoms with Gasteiger partial charge in [0.05, 0.1) is 18.4 Å². The molecule has 152 valence electrons. The molecule has 0 saturated heterocycles. The smallest absolute Gasteiger partial charge is 0.337 e. The van der Waals surface area contributed by atoms with Crippen LogP contribution in [-0.4, -0.2) is 29.9 Å². The van der Waals surface area contributed by atoms with Gasteiger partial charge < -0.3 is 19.5 Å². The Morgan fingerprint density at radius 1 is 1.17 bits per heavy atom. The van der Waals surface area contributed by atoms with E-state index in [1.807, 2.05) is 55.5 Å². The fraction of sp³-hybridized carbons (Fsp3) is 0.217. The molecule has 3 heterocycles. The van der Waals surface area contributed by atoms with Gasteiger partial charge in [-0.1, -0.05) is 36.4 Å². The number of esters is 1. The zero-order valence-electron chi connectivity index (χ0n) is 16.7. The zero-order chi connectivity index (χ0) is 20.7. The molecule has 7 nitrogen and oxygen atoms in total. The zero-order valence-corrected chi connectivity index (χ0v) is 16.7. The van der Waals surface area contributed by atoms with Crippen molar-refractivity contribution in [3.05, 3.63) is 82.2 Å². The highest BCUT2D eigenvalue weighted by Crippen LogP contribution is 2.46. The Labute approximate surface area is 173 Å². The van der Waals surface area contributed by atoms with Crippen LogP contribution in [0.25, 0.3) is 0 Å². The summed E-state index contributed by atoms with van der Waals surface area (Å²) < 4.78 is 16.9. The van der Waals surface area contributed by atoms with Crippen LogP contribution >= 0.6 is 0 Å². The third-order valence-corrected chi connectivity index (χ3v) is 5.49. The lowest BCUT2D eigenvalue weighted by atomic mass is 9.82. The highest BCUT2D eigenvalue weighted by molar-refractivity contribution is 5.97. The van der Waals surface area contributed by atoms with Crippen LogP contribution in [0.3, 0.4) is 0 Å². The highest BCUT2D eigenvalue weighted by atomic mass is 16.5. The number of hydrogen-bond donors (Lipinski definition) is 2. The van der Waals surface area contributed by atoms with E-state index in [0.717, 1.165) is 33.9 Å². The summed E-state index contributed by atoms with van der Waals surface area (Å²) in [6.07, 6.45) is 0. The molecule has 5 rings (SSSR count). The average molecular weight is 403 g/mol. The number of anilines is 1. The molecule has 2 aliphatic rings. The Hall–Kier alpha value is -3.74. The Morgan fingerprint density at radius 2 is 2.00 bits per heavy atom. The van der Waals surface area contributed by atoms with Gasteiger partial charge in [-0.25, -0.2) is 4.79 Å². The number of nitrogens with zero attached hydrogens (tertiary/aromatic N) is 1. The Bertz CT molecular complexity index is 1150. The maximum atomic E-state index is 12.5. The molecule has 3 aromatic rings. The van der Waals surface area contributed by atoms with Crippen molar-refractivity contribution in [2.45, 2.75) is 19.4 Å². The van der Waals surface area contributed by atoms with E-state index in [4.69, 9.17) is 14.2 Å². The van der Waals surface area contributed by atoms with E-state index in [1.54, 1.807) is 7.11 Å². The summed E-state index contributed by atoms with van der Waals surface area (Å²) in [6.45, 7) is 2.61. The summed E-state index contributed by atoms with van der Waals surface area (Å²) in [4.78, 5) is 12.5. The number of H-pyrrole nitrogens is 1. The van der Waals surface area contributed by atoms with Gasteiger partial charge in [-0.15, -0.1) is 0 Å². The number of rotatable bonds is 5. The number of aromatic nitrogens is 2. The lowest BCUT2D eigenvalue weighted by molar-refractivity contribution is -0.136. The molecular weight excluding hydrogens is 382 g/mol. The van der Waals surface area contributed by atoms with E-state index < -0.39 is 0 Å². The van der Waals surface area contributed by atoms with Crippen molar-refractivity contribution in [1.29, 1.82) is 0 Å². The number of fused-ring (bicyclic) bond motifs is 1. The van der Waals surface area contributed by atoms with Crippen LogP contribution in [0.1, 0.15) is 28.3 Å². The Morgan fingerprint density at radius 3 is 2.80 bits per heavy atom. The molecule has 0 fully saturated rings. The SMILES string of the molecule is COc1cc([C@H]2C3=C(COC3=O)Nc3n[nH]c(C)c32)ccc1OCc1ccccc1. The first-order valence-electron chi connectivity index (χ1n) is 9.72. The van der Waals surface area contributed by atoms with E-state index >= 15 is 0 Å². The summed E-state index contributed by atoms with van der Waals surface area (Å²) in [5.74, 6) is 1.38. The summed E-state index contributed by atoms with van der Waals surface area (Å²) in [5.41, 5.74) is 5.20. The average Bonchev–Trinajstić information content (AvgIpc) is 3.34. The fourth-order valence-electron chi connectivity index (χ4n) is 4.04. The van der Waals surface area contributed by atoms with Crippen LogP contribution in [-0.2, 0) is 16.1 Å². The molecule has 2 N–H and O–H groups in total. The molecule has 0 saturated carbocycles. The monoisotopic (exact) mass is 403 g/mol. The molecule has 0 amide bonds. The standard InChI is InChI=1S/C23H21N3O4/c1-13-19-20(21-16(12-30-23(21)27)24-22(19)26-25-13)15-8-9-17(18(10-15)28-2)29-11-14-6-4-3-5-7-14/h3-10,20H,11-12H2,1-2H3,(H2,24,25,26)/t20-/m1/s1. The van der Waals surface area contributed by atoms with Gasteiger partial charge in [0.15, 0.2) is 17.3 Å². The molecule has 1 aromatic heterocycles. The van der Waals surface area contributed by atoms with E-state index in [0.29, 0.717) is 23.7 Å². The predicted molar refractivity (Wildman–Crippen MR) is 111 cm³/mol. The summed E-state index contributed by atoms with van der Waals surface area (Å²) >= 11 is 0. The van der Waals surface area contributed by atoms with Crippen LogP contribution in [0.4, 0.5) is 5.82 Å². The van der Waals surface area contributed by atoms with Crippen molar-refractivity contribution >= 4 is 11.8 Å². The third kappa shape index (κ3) is 2.99. The number of hydrogen-bond acceptors (Lipinski definition) is 6. The van der Waals surface area contributed by atoms with Gasteiger partial charge in [0, 0.05) is 17.2 Å². The number of benzene rings is 2. The molecule has 0 bridgehead atoms. The molecular formula is C23H21N3O4. The predicted octanol–water partition coefficient (Wildman–Crippen LogP) is 3.67. The first kappa shape index (κ1) is 18.3. The van der Waals surface area contributed by atoms with Gasteiger partial charge in [-0.05, 0) is 30.2 Å². The minimum Gasteiger partial charge on any atom is -0.493 e. The minimum absolute atomic E-state index is 0.228. The van der Waals surface area contributed by atoms with Gasteiger partial charge in [-0.2, -0.15) is 5.10 Å². The number of carbonyl (C=O) groups is 1. The number of aromatic amines is 1. The van der Waals surface area contributed by atoms with Crippen molar-refractivity contribution in [2.75, 3.05) is 19.0 Å². The van der Waals surface area contributed by atoms with Crippen molar-refractivity contribution in [3.63, 3.8) is 0 Å². The van der Waals surface area contributed by atoms with Crippen LogP contribution in [0.15, 0.2) is 59.8 Å². The molecule has 0 spiro atoms. The topological polar surface area (TPSA) is 85.5 Å². The van der Waals surface area contributed by atoms with Crippen LogP contribution in [0.2, 0.25) is 0 Å². The molecule has 30 heavy (non-hydrogen) atoms. The minimum atomic E-state index is -0.308. The van der Waals surface area contributed by atoms with E-state index in [1.165, 1.54) is 0 Å². The number of methoxy groups -OCH3 is 1. The van der Waals surface area contributed by atoms with Crippen molar-refractivity contribution in [1.82, 2.24) is 10.2 Å². The van der Waals surface area contributed by atoms with Crippen molar-refractivity contribution < 1.29 is 19.0 Å². The van der Waals surface area contributed by atoms with Gasteiger partial charge in [0.2, 0.25) is 0 Å². The Balaban J connectivity index is 1.52. The number of cyclic esters (lactones) is 1. The summed E-state index contributed by atoms with van der Waals surface area (Å²) in [7, 11) is 1.61. The van der Waals surface area contributed by atoms with Crippen LogP contribution in [0.5, 0.6) is 11.5 Å². The van der Waals surface area contributed by atoms with Gasteiger partial charge >= 0.3 is 5.97 Å². The maximum absolute atomic E-state index is 12.5. The second-order valence-corrected chi connectivity index (χ2v) is 7.32. The molecule has 0 radical (unpaired) electrons. The normalized spacial score (nSPS) is 17.1. The largest absolute Gasteiger partial charge is 0.493 e. The highest BCUT2D eigenvalue weighted by Gasteiger charge is 2.40. The lowest BCUT2D eigenvalue weighted by Crippen LogP contribution is -2.20. The van der Waals surface area contributed by atoms with E-state index in [2.05, 4.69) is 15.5 Å². The molecule has 2 aliphatic heterocycles. The number of carbonyl (C=O) groups excluding carboxylic acids is 1. The molecule has 0 aliphatic carbocycles. The second-order valence-electron chi connectivity index (χ2n) is 7.32. The lowest BCUT2D eigenvalue weighted by Gasteiger charge is -2.25. The maximum Gasteiger partial charge on any atom is 0.337 e. The molecule has 7 heteroatoms. The Kier molecular flexibility index (Phi) is 4.43. The van der Waals surface area contributed by atoms with Gasteiger partial charge in [0.25, 0.3) is 0 Å². The number of aryl methyl sites for hydroxylation is 1. The summed E-state index contributed by atoms with van der Waals surface area (Å²) in [6, 6.07) is 15.7. The quantitative estimate of drug-likeness (QED) is 0.632. The van der Waals surface area contributed by atoms with Gasteiger partial charge in [0.1, 0.15) is 13.2 Å². The summed E-state index contributed by atoms with van der Waals surface area (Å²) in [5, 5.41) is 10.6. The third-order valence-electron chi connectivity index (χ3n) is 5.49. The van der Waals surface area contributed by atoms with Crippen LogP contribution in [0, 0.1) is 6.92 Å². The van der Waals surface area contributed by atoms with Gasteiger partial charge in [-0.3, -0.25) is 5.10 Å². The van der Waals surface area contributed by atoms with Crippen molar-refractivity contribution in [2.24, 2.45) is 0 Å².